The van der Waals surface area contributed by atoms with Crippen molar-refractivity contribution >= 4 is 28.3 Å². The number of rotatable bonds is 5. The Balaban J connectivity index is 2.65. The molecule has 0 heterocycles. The molecule has 0 saturated heterocycles. The van der Waals surface area contributed by atoms with Crippen molar-refractivity contribution < 1.29 is 4.74 Å². The molecular formula is C12H18INO. The molecule has 1 unspecified atom stereocenters. The second kappa shape index (κ2) is 6.33. The summed E-state index contributed by atoms with van der Waals surface area (Å²) >= 11 is 2.32. The SMILES string of the molecule is COCC(Nc1cccc(I)c1)C(C)C. The molecule has 0 aliphatic carbocycles. The summed E-state index contributed by atoms with van der Waals surface area (Å²) in [5.41, 5.74) is 1.16. The molecular weight excluding hydrogens is 301 g/mol. The maximum atomic E-state index is 5.20. The number of nitrogens with one attached hydrogen (secondary N) is 1. The Kier molecular flexibility index (Phi) is 5.39. The molecule has 1 N–H and O–H groups in total. The van der Waals surface area contributed by atoms with Crippen LogP contribution in [-0.2, 0) is 4.74 Å². The predicted molar refractivity (Wildman–Crippen MR) is 73.3 cm³/mol. The number of methoxy groups -OCH3 is 1. The lowest BCUT2D eigenvalue weighted by molar-refractivity contribution is 0.171. The van der Waals surface area contributed by atoms with Crippen LogP contribution in [0.2, 0.25) is 0 Å². The van der Waals surface area contributed by atoms with Crippen LogP contribution in [0, 0.1) is 9.49 Å². The zero-order valence-electron chi connectivity index (χ0n) is 9.46. The van der Waals surface area contributed by atoms with Crippen molar-refractivity contribution in [2.24, 2.45) is 5.92 Å². The summed E-state index contributed by atoms with van der Waals surface area (Å²) in [6.07, 6.45) is 0. The molecule has 1 aromatic rings. The first kappa shape index (κ1) is 12.8. The Bertz CT molecular complexity index is 301. The normalized spacial score (nSPS) is 12.9. The monoisotopic (exact) mass is 319 g/mol. The van der Waals surface area contributed by atoms with E-state index >= 15 is 0 Å². The van der Waals surface area contributed by atoms with Gasteiger partial charge in [-0.2, -0.15) is 0 Å². The van der Waals surface area contributed by atoms with E-state index in [-0.39, 0.29) is 0 Å². The van der Waals surface area contributed by atoms with Crippen LogP contribution in [0.15, 0.2) is 24.3 Å². The largest absolute Gasteiger partial charge is 0.383 e. The molecule has 0 aliphatic heterocycles. The zero-order chi connectivity index (χ0) is 11.3. The van der Waals surface area contributed by atoms with Crippen molar-refractivity contribution in [3.8, 4) is 0 Å². The van der Waals surface area contributed by atoms with E-state index in [1.807, 2.05) is 0 Å². The lowest BCUT2D eigenvalue weighted by Crippen LogP contribution is -2.30. The van der Waals surface area contributed by atoms with Crippen molar-refractivity contribution in [2.75, 3.05) is 19.0 Å². The van der Waals surface area contributed by atoms with Gasteiger partial charge in [-0.3, -0.25) is 0 Å². The van der Waals surface area contributed by atoms with E-state index in [1.54, 1.807) is 7.11 Å². The Hall–Kier alpha value is -0.290. The average molecular weight is 319 g/mol. The number of benzene rings is 1. The van der Waals surface area contributed by atoms with Crippen molar-refractivity contribution in [3.05, 3.63) is 27.8 Å². The molecule has 0 amide bonds. The molecule has 0 aromatic heterocycles. The summed E-state index contributed by atoms with van der Waals surface area (Å²) in [5.74, 6) is 0.558. The van der Waals surface area contributed by atoms with Crippen LogP contribution >= 0.6 is 22.6 Å². The van der Waals surface area contributed by atoms with Crippen molar-refractivity contribution in [2.45, 2.75) is 19.9 Å². The molecule has 0 aliphatic rings. The van der Waals surface area contributed by atoms with E-state index in [9.17, 15) is 0 Å². The van der Waals surface area contributed by atoms with Crippen LogP contribution in [0.3, 0.4) is 0 Å². The van der Waals surface area contributed by atoms with E-state index in [1.165, 1.54) is 3.57 Å². The molecule has 0 saturated carbocycles. The van der Waals surface area contributed by atoms with E-state index in [2.05, 4.69) is 66.0 Å². The Morgan fingerprint density at radius 1 is 1.40 bits per heavy atom. The van der Waals surface area contributed by atoms with Crippen LogP contribution < -0.4 is 5.32 Å². The molecule has 1 atom stereocenters. The van der Waals surface area contributed by atoms with E-state index in [0.29, 0.717) is 12.0 Å². The lowest BCUT2D eigenvalue weighted by Gasteiger charge is -2.22. The highest BCUT2D eigenvalue weighted by Crippen LogP contribution is 2.16. The number of halogens is 1. The summed E-state index contributed by atoms with van der Waals surface area (Å²) in [4.78, 5) is 0. The Morgan fingerprint density at radius 2 is 2.13 bits per heavy atom. The van der Waals surface area contributed by atoms with Crippen molar-refractivity contribution in [1.82, 2.24) is 0 Å². The molecule has 1 aromatic carbocycles. The van der Waals surface area contributed by atoms with Gasteiger partial charge in [0.15, 0.2) is 0 Å². The summed E-state index contributed by atoms with van der Waals surface area (Å²) in [6.45, 7) is 5.14. The molecule has 0 radical (unpaired) electrons. The third kappa shape index (κ3) is 4.38. The van der Waals surface area contributed by atoms with Gasteiger partial charge in [0, 0.05) is 16.4 Å². The van der Waals surface area contributed by atoms with E-state index < -0.39 is 0 Å². The van der Waals surface area contributed by atoms with Gasteiger partial charge in [0.1, 0.15) is 0 Å². The summed E-state index contributed by atoms with van der Waals surface area (Å²) in [5, 5.41) is 3.49. The van der Waals surface area contributed by atoms with E-state index in [0.717, 1.165) is 12.3 Å². The number of ether oxygens (including phenoxy) is 1. The van der Waals surface area contributed by atoms with Crippen LogP contribution in [0.25, 0.3) is 0 Å². The smallest absolute Gasteiger partial charge is 0.0666 e. The van der Waals surface area contributed by atoms with Crippen LogP contribution in [0.1, 0.15) is 13.8 Å². The van der Waals surface area contributed by atoms with Gasteiger partial charge in [0.2, 0.25) is 0 Å². The maximum absolute atomic E-state index is 5.20. The minimum atomic E-state index is 0.369. The summed E-state index contributed by atoms with van der Waals surface area (Å²) in [6, 6.07) is 8.76. The highest BCUT2D eigenvalue weighted by Gasteiger charge is 2.12. The second-order valence-corrected chi connectivity index (χ2v) is 5.21. The third-order valence-electron chi connectivity index (χ3n) is 2.33. The van der Waals surface area contributed by atoms with Gasteiger partial charge in [-0.1, -0.05) is 19.9 Å². The zero-order valence-corrected chi connectivity index (χ0v) is 11.6. The number of hydrogen-bond donors (Lipinski definition) is 1. The van der Waals surface area contributed by atoms with Crippen molar-refractivity contribution in [3.63, 3.8) is 0 Å². The molecule has 0 spiro atoms. The first-order valence-electron chi connectivity index (χ1n) is 5.14. The highest BCUT2D eigenvalue weighted by molar-refractivity contribution is 14.1. The topological polar surface area (TPSA) is 21.3 Å². The Morgan fingerprint density at radius 3 is 2.67 bits per heavy atom. The first-order valence-corrected chi connectivity index (χ1v) is 6.22. The fourth-order valence-electron chi connectivity index (χ4n) is 1.37. The van der Waals surface area contributed by atoms with Gasteiger partial charge in [-0.15, -0.1) is 0 Å². The second-order valence-electron chi connectivity index (χ2n) is 3.96. The average Bonchev–Trinajstić information content (AvgIpc) is 2.17. The van der Waals surface area contributed by atoms with Crippen LogP contribution in [0.4, 0.5) is 5.69 Å². The summed E-state index contributed by atoms with van der Waals surface area (Å²) < 4.78 is 6.45. The van der Waals surface area contributed by atoms with E-state index in [4.69, 9.17) is 4.74 Å². The van der Waals surface area contributed by atoms with Gasteiger partial charge >= 0.3 is 0 Å². The standard InChI is InChI=1S/C12H18INO/c1-9(2)12(8-15-3)14-11-6-4-5-10(13)7-11/h4-7,9,12,14H,8H2,1-3H3. The Labute approximate surface area is 106 Å². The predicted octanol–water partition coefficient (Wildman–Crippen LogP) is 3.37. The molecule has 3 heteroatoms. The minimum Gasteiger partial charge on any atom is -0.383 e. The number of hydrogen-bond acceptors (Lipinski definition) is 2. The molecule has 2 nitrogen and oxygen atoms in total. The minimum absolute atomic E-state index is 0.369. The number of anilines is 1. The highest BCUT2D eigenvalue weighted by atomic mass is 127. The molecule has 0 fully saturated rings. The maximum Gasteiger partial charge on any atom is 0.0666 e. The quantitative estimate of drug-likeness (QED) is 0.840. The van der Waals surface area contributed by atoms with Crippen LogP contribution in [-0.4, -0.2) is 19.8 Å². The fourth-order valence-corrected chi connectivity index (χ4v) is 1.92. The van der Waals surface area contributed by atoms with Gasteiger partial charge < -0.3 is 10.1 Å². The van der Waals surface area contributed by atoms with Crippen molar-refractivity contribution in [1.29, 1.82) is 0 Å². The first-order chi connectivity index (χ1) is 7.13. The fraction of sp³-hybridized carbons (Fsp3) is 0.500. The summed E-state index contributed by atoms with van der Waals surface area (Å²) in [7, 11) is 1.74. The molecule has 1 rings (SSSR count). The van der Waals surface area contributed by atoms with Gasteiger partial charge in [-0.05, 0) is 46.7 Å². The lowest BCUT2D eigenvalue weighted by atomic mass is 10.1. The van der Waals surface area contributed by atoms with Gasteiger partial charge in [-0.25, -0.2) is 0 Å². The molecule has 0 bridgehead atoms. The molecule has 84 valence electrons. The van der Waals surface area contributed by atoms with Gasteiger partial charge in [0.05, 0.1) is 12.6 Å². The van der Waals surface area contributed by atoms with Crippen LogP contribution in [0.5, 0.6) is 0 Å². The third-order valence-corrected chi connectivity index (χ3v) is 3.00. The molecule has 15 heavy (non-hydrogen) atoms. The van der Waals surface area contributed by atoms with Gasteiger partial charge in [0.25, 0.3) is 0 Å².